The lowest BCUT2D eigenvalue weighted by atomic mass is 9.88. The average Bonchev–Trinajstić information content (AvgIpc) is 3.59. The number of aromatic nitrogens is 1. The molecule has 5 aliphatic rings. The Morgan fingerprint density at radius 1 is 1.21 bits per heavy atom. The number of methoxy groups -OCH3 is 1. The van der Waals surface area contributed by atoms with Crippen LogP contribution in [-0.4, -0.2) is 66.2 Å². The Balaban J connectivity index is 1.42. The maximum atomic E-state index is 14.2. The Morgan fingerprint density at radius 3 is 2.87 bits per heavy atom. The van der Waals surface area contributed by atoms with Crippen LogP contribution < -0.4 is 15.2 Å². The van der Waals surface area contributed by atoms with Gasteiger partial charge in [-0.25, -0.2) is 4.79 Å². The topological polar surface area (TPSA) is 99.5 Å². The summed E-state index contributed by atoms with van der Waals surface area (Å²) in [4.78, 5) is 41.9. The van der Waals surface area contributed by atoms with E-state index in [4.69, 9.17) is 14.2 Å². The van der Waals surface area contributed by atoms with Gasteiger partial charge >= 0.3 is 6.16 Å². The molecule has 1 aromatic carbocycles. The number of thioether (sulfide) groups is 1. The number of rotatable bonds is 4. The predicted octanol–water partition coefficient (Wildman–Crippen LogP) is 3.21. The third kappa shape index (κ3) is 3.78. The van der Waals surface area contributed by atoms with Gasteiger partial charge in [-0.2, -0.15) is 0 Å². The average molecular weight is 550 g/mol. The molecule has 2 aromatic rings. The van der Waals surface area contributed by atoms with Crippen LogP contribution >= 0.6 is 11.8 Å². The lowest BCUT2D eigenvalue weighted by Crippen LogP contribution is -2.70. The lowest BCUT2D eigenvalue weighted by molar-refractivity contribution is -0.0640. The van der Waals surface area contributed by atoms with E-state index < -0.39 is 23.9 Å². The van der Waals surface area contributed by atoms with Crippen molar-refractivity contribution < 1.29 is 28.5 Å². The molecule has 3 aliphatic heterocycles. The number of pyridine rings is 1. The summed E-state index contributed by atoms with van der Waals surface area (Å²) in [6.45, 7) is 0.223. The number of hydrogen-bond acceptors (Lipinski definition) is 9. The third-order valence-corrected chi connectivity index (χ3v) is 9.31. The molecule has 2 aliphatic carbocycles. The molecular formula is C28H27N3O7S. The molecule has 11 heteroatoms. The largest absolute Gasteiger partial charge is 0.510 e. The quantitative estimate of drug-likeness (QED) is 0.421. The molecule has 0 bridgehead atoms. The summed E-state index contributed by atoms with van der Waals surface area (Å²) in [5, 5.41) is 2.18. The highest BCUT2D eigenvalue weighted by atomic mass is 32.2. The van der Waals surface area contributed by atoms with Crippen LogP contribution in [0, 0.1) is 5.92 Å². The van der Waals surface area contributed by atoms with Gasteiger partial charge in [-0.05, 0) is 24.5 Å². The number of allylic oxidation sites excluding steroid dienone is 2. The number of carbonyl (C=O) groups excluding carboxylic acids is 2. The minimum absolute atomic E-state index is 0.0626. The SMILES string of the molecule is COC(=O)OCOc1c2n(ccc1=O)N([C@@H]1c3ccccc3SCC3=CC=CC31)[C@@H]1COCC3(CC3)N1C2=O. The first kappa shape index (κ1) is 24.3. The van der Waals surface area contributed by atoms with Gasteiger partial charge in [-0.3, -0.25) is 19.3 Å². The molecule has 0 radical (unpaired) electrons. The minimum atomic E-state index is -0.946. The van der Waals surface area contributed by atoms with Gasteiger partial charge in [0.25, 0.3) is 5.91 Å². The van der Waals surface area contributed by atoms with Crippen LogP contribution in [0.2, 0.25) is 0 Å². The fraction of sp³-hybridized carbons (Fsp3) is 0.393. The molecule has 39 heavy (non-hydrogen) atoms. The highest BCUT2D eigenvalue weighted by Crippen LogP contribution is 2.52. The number of ether oxygens (including phenoxy) is 4. The minimum Gasteiger partial charge on any atom is -0.451 e. The molecular weight excluding hydrogens is 522 g/mol. The highest BCUT2D eigenvalue weighted by Gasteiger charge is 2.60. The van der Waals surface area contributed by atoms with E-state index in [0.717, 1.165) is 24.2 Å². The zero-order valence-corrected chi connectivity index (χ0v) is 22.1. The number of morpholine rings is 1. The van der Waals surface area contributed by atoms with Crippen molar-refractivity contribution in [2.45, 2.75) is 35.5 Å². The molecule has 0 N–H and O–H groups in total. The molecule has 4 heterocycles. The molecule has 7 rings (SSSR count). The van der Waals surface area contributed by atoms with Crippen LogP contribution in [0.4, 0.5) is 4.79 Å². The Hall–Kier alpha value is -3.70. The second-order valence-electron chi connectivity index (χ2n) is 10.3. The van der Waals surface area contributed by atoms with E-state index >= 15 is 0 Å². The standard InChI is InChI=1S/C28H27N3O7S/c1-35-27(34)38-16-37-25-20(32)9-12-29-24(25)26(33)30-22(13-36-15-28(30)10-11-28)31(29)23-18-7-4-5-17(18)14-39-21-8-3-2-6-19(21)23/h2-9,12,18,22-23H,10-11,13-16H2,1H3/t18?,22-,23+/m1/s1. The fourth-order valence-electron chi connectivity index (χ4n) is 6.20. The Labute approximate surface area is 228 Å². The van der Waals surface area contributed by atoms with Crippen LogP contribution in [0.1, 0.15) is 34.9 Å². The third-order valence-electron chi connectivity index (χ3n) is 8.15. The van der Waals surface area contributed by atoms with E-state index in [0.29, 0.717) is 13.2 Å². The highest BCUT2D eigenvalue weighted by molar-refractivity contribution is 7.99. The van der Waals surface area contributed by atoms with Gasteiger partial charge in [0.15, 0.2) is 5.69 Å². The summed E-state index contributed by atoms with van der Waals surface area (Å²) in [5.41, 5.74) is 1.67. The summed E-state index contributed by atoms with van der Waals surface area (Å²) in [6, 6.07) is 9.56. The Morgan fingerprint density at radius 2 is 2.05 bits per heavy atom. The maximum Gasteiger partial charge on any atom is 0.510 e. The Kier molecular flexibility index (Phi) is 5.74. The fourth-order valence-corrected chi connectivity index (χ4v) is 7.34. The van der Waals surface area contributed by atoms with E-state index in [1.54, 1.807) is 10.9 Å². The van der Waals surface area contributed by atoms with E-state index in [1.807, 2.05) is 28.8 Å². The van der Waals surface area contributed by atoms with Crippen molar-refractivity contribution in [3.8, 4) is 5.75 Å². The van der Waals surface area contributed by atoms with Crippen LogP contribution in [0.5, 0.6) is 5.75 Å². The van der Waals surface area contributed by atoms with Crippen molar-refractivity contribution in [3.05, 3.63) is 81.8 Å². The van der Waals surface area contributed by atoms with Gasteiger partial charge in [0, 0.05) is 28.8 Å². The van der Waals surface area contributed by atoms with Crippen molar-refractivity contribution >= 4 is 23.8 Å². The van der Waals surface area contributed by atoms with Crippen LogP contribution in [0.3, 0.4) is 0 Å². The zero-order valence-electron chi connectivity index (χ0n) is 21.3. The number of carbonyl (C=O) groups is 2. The second kappa shape index (κ2) is 9.20. The summed E-state index contributed by atoms with van der Waals surface area (Å²) >= 11 is 1.81. The number of hydrogen-bond donors (Lipinski definition) is 0. The van der Waals surface area contributed by atoms with Gasteiger partial charge in [0.1, 0.15) is 6.17 Å². The molecule has 1 aromatic heterocycles. The molecule has 202 valence electrons. The van der Waals surface area contributed by atoms with Crippen molar-refractivity contribution in [1.82, 2.24) is 9.58 Å². The Bertz CT molecular complexity index is 1480. The molecule has 1 saturated heterocycles. The first-order valence-corrected chi connectivity index (χ1v) is 13.9. The first-order valence-electron chi connectivity index (χ1n) is 12.9. The van der Waals surface area contributed by atoms with E-state index in [-0.39, 0.29) is 35.5 Å². The van der Waals surface area contributed by atoms with Crippen molar-refractivity contribution in [2.75, 3.05) is 37.9 Å². The number of benzene rings is 1. The van der Waals surface area contributed by atoms with Gasteiger partial charge in [0.05, 0.1) is 31.9 Å². The normalized spacial score (nSPS) is 25.6. The van der Waals surface area contributed by atoms with Crippen molar-refractivity contribution in [3.63, 3.8) is 0 Å². The van der Waals surface area contributed by atoms with E-state index in [9.17, 15) is 14.4 Å². The van der Waals surface area contributed by atoms with E-state index in [1.165, 1.54) is 23.6 Å². The maximum absolute atomic E-state index is 14.2. The number of nitrogens with zero attached hydrogens (tertiary/aromatic N) is 3. The van der Waals surface area contributed by atoms with Crippen molar-refractivity contribution in [2.24, 2.45) is 5.92 Å². The van der Waals surface area contributed by atoms with Gasteiger partial charge in [-0.1, -0.05) is 42.0 Å². The summed E-state index contributed by atoms with van der Waals surface area (Å²) < 4.78 is 23.0. The molecule has 1 saturated carbocycles. The van der Waals surface area contributed by atoms with Crippen LogP contribution in [0.25, 0.3) is 0 Å². The smallest absolute Gasteiger partial charge is 0.451 e. The van der Waals surface area contributed by atoms with Gasteiger partial charge in [0.2, 0.25) is 18.0 Å². The zero-order chi connectivity index (χ0) is 26.7. The number of fused-ring (bicyclic) bond motifs is 5. The van der Waals surface area contributed by atoms with Crippen LogP contribution in [0.15, 0.2) is 70.0 Å². The first-order chi connectivity index (χ1) is 19.0. The monoisotopic (exact) mass is 549 g/mol. The summed E-state index contributed by atoms with van der Waals surface area (Å²) in [5.74, 6) is 0.471. The molecule has 10 nitrogen and oxygen atoms in total. The molecule has 1 spiro atoms. The second-order valence-corrected chi connectivity index (χ2v) is 11.3. The summed E-state index contributed by atoms with van der Waals surface area (Å²) in [6.07, 6.45) is 8.44. The number of amides is 1. The molecule has 1 unspecified atom stereocenters. The molecule has 3 atom stereocenters. The van der Waals surface area contributed by atoms with Gasteiger partial charge in [-0.15, -0.1) is 11.8 Å². The lowest BCUT2D eigenvalue weighted by Gasteiger charge is -2.55. The molecule has 1 amide bonds. The van der Waals surface area contributed by atoms with Gasteiger partial charge < -0.3 is 23.8 Å². The van der Waals surface area contributed by atoms with Crippen molar-refractivity contribution in [1.29, 1.82) is 0 Å². The molecule has 2 fully saturated rings. The summed E-state index contributed by atoms with van der Waals surface area (Å²) in [7, 11) is 1.18. The van der Waals surface area contributed by atoms with Crippen LogP contribution in [-0.2, 0) is 14.2 Å². The predicted molar refractivity (Wildman–Crippen MR) is 141 cm³/mol. The van der Waals surface area contributed by atoms with E-state index in [2.05, 4.69) is 40.1 Å².